The van der Waals surface area contributed by atoms with Crippen molar-refractivity contribution in [1.82, 2.24) is 0 Å². The van der Waals surface area contributed by atoms with Crippen molar-refractivity contribution in [3.63, 3.8) is 0 Å². The van der Waals surface area contributed by atoms with Crippen LogP contribution in [0, 0.1) is 10.1 Å². The highest BCUT2D eigenvalue weighted by Crippen LogP contribution is 2.33. The molecule has 0 fully saturated rings. The van der Waals surface area contributed by atoms with Crippen LogP contribution in [0.2, 0.25) is 0 Å². The Morgan fingerprint density at radius 1 is 1.30 bits per heavy atom. The fraction of sp³-hybridized carbons (Fsp3) is 0.176. The molecular weight excluding hydrogens is 420 g/mol. The molecule has 2 aromatic rings. The quantitative estimate of drug-likeness (QED) is 0.353. The first-order valence-electron chi connectivity index (χ1n) is 7.81. The normalized spacial score (nSPS) is 10.6. The largest absolute Gasteiger partial charge is 0.490 e. The molecule has 3 N–H and O–H groups in total. The van der Waals surface area contributed by atoms with Crippen molar-refractivity contribution in [2.45, 2.75) is 6.92 Å². The van der Waals surface area contributed by atoms with Crippen molar-refractivity contribution in [1.29, 1.82) is 0 Å². The molecule has 0 saturated carbocycles. The third-order valence-corrected chi connectivity index (χ3v) is 3.89. The van der Waals surface area contributed by atoms with E-state index in [-0.39, 0.29) is 12.3 Å². The number of rotatable bonds is 9. The van der Waals surface area contributed by atoms with Gasteiger partial charge in [0.15, 0.2) is 18.1 Å². The fourth-order valence-corrected chi connectivity index (χ4v) is 2.44. The highest BCUT2D eigenvalue weighted by molar-refractivity contribution is 9.10. The first-order chi connectivity index (χ1) is 12.9. The van der Waals surface area contributed by atoms with Crippen molar-refractivity contribution in [2.75, 3.05) is 18.6 Å². The second-order valence-electron chi connectivity index (χ2n) is 5.18. The topological polar surface area (TPSA) is 129 Å². The van der Waals surface area contributed by atoms with Gasteiger partial charge in [-0.1, -0.05) is 0 Å². The number of benzene rings is 2. The summed E-state index contributed by atoms with van der Waals surface area (Å²) in [7, 11) is 0. The van der Waals surface area contributed by atoms with E-state index >= 15 is 0 Å². The average molecular weight is 437 g/mol. The predicted octanol–water partition coefficient (Wildman–Crippen LogP) is 3.07. The van der Waals surface area contributed by atoms with Gasteiger partial charge in [0.2, 0.25) is 0 Å². The summed E-state index contributed by atoms with van der Waals surface area (Å²) in [5.41, 5.74) is 9.17. The van der Waals surface area contributed by atoms with Crippen molar-refractivity contribution >= 4 is 39.4 Å². The van der Waals surface area contributed by atoms with Crippen LogP contribution in [0.1, 0.15) is 12.5 Å². The molecule has 0 heterocycles. The Morgan fingerprint density at radius 2 is 1.96 bits per heavy atom. The Kier molecular flexibility index (Phi) is 7.12. The molecule has 0 aliphatic heterocycles. The number of carbonyl (C=O) groups is 1. The number of hydrogen-bond acceptors (Lipinski definition) is 7. The van der Waals surface area contributed by atoms with Gasteiger partial charge in [-0.25, -0.2) is 0 Å². The highest BCUT2D eigenvalue weighted by Gasteiger charge is 2.11. The Morgan fingerprint density at radius 3 is 2.56 bits per heavy atom. The number of halogens is 1. The smallest absolute Gasteiger partial charge is 0.269 e. The van der Waals surface area contributed by atoms with Crippen molar-refractivity contribution in [2.24, 2.45) is 10.8 Å². The van der Waals surface area contributed by atoms with E-state index in [4.69, 9.17) is 15.2 Å². The molecule has 10 heteroatoms. The maximum atomic E-state index is 10.9. The number of ether oxygens (including phenoxy) is 2. The molecule has 2 rings (SSSR count). The number of nitrogens with zero attached hydrogens (tertiary/aromatic N) is 2. The molecule has 1 amide bonds. The number of anilines is 1. The number of nitro benzene ring substituents is 1. The maximum Gasteiger partial charge on any atom is 0.269 e. The van der Waals surface area contributed by atoms with Gasteiger partial charge in [0.1, 0.15) is 0 Å². The number of amides is 1. The van der Waals surface area contributed by atoms with Gasteiger partial charge < -0.3 is 15.2 Å². The lowest BCUT2D eigenvalue weighted by atomic mass is 10.2. The van der Waals surface area contributed by atoms with Crippen molar-refractivity contribution < 1.29 is 19.2 Å². The second kappa shape index (κ2) is 9.53. The van der Waals surface area contributed by atoms with Crippen LogP contribution in [0.5, 0.6) is 11.5 Å². The zero-order chi connectivity index (χ0) is 19.8. The van der Waals surface area contributed by atoms with Crippen LogP contribution in [0.4, 0.5) is 11.4 Å². The molecule has 0 aliphatic carbocycles. The summed E-state index contributed by atoms with van der Waals surface area (Å²) in [4.78, 5) is 21.1. The molecule has 0 atom stereocenters. The Balaban J connectivity index is 2.14. The lowest BCUT2D eigenvalue weighted by Gasteiger charge is -2.13. The third-order valence-electron chi connectivity index (χ3n) is 3.21. The third kappa shape index (κ3) is 5.96. The molecule has 0 aliphatic rings. The second-order valence-corrected chi connectivity index (χ2v) is 6.04. The molecule has 142 valence electrons. The minimum absolute atomic E-state index is 0.000167. The van der Waals surface area contributed by atoms with Crippen molar-refractivity contribution in [3.8, 4) is 11.5 Å². The van der Waals surface area contributed by atoms with E-state index in [9.17, 15) is 14.9 Å². The number of hydrazone groups is 1. The van der Waals surface area contributed by atoms with Crippen LogP contribution < -0.4 is 20.6 Å². The molecular formula is C17H17BrN4O5. The molecule has 0 aromatic heterocycles. The Bertz CT molecular complexity index is 855. The van der Waals surface area contributed by atoms with Crippen LogP contribution >= 0.6 is 15.9 Å². The lowest BCUT2D eigenvalue weighted by molar-refractivity contribution is -0.384. The number of carbonyl (C=O) groups excluding carboxylic acids is 1. The van der Waals surface area contributed by atoms with E-state index in [1.165, 1.54) is 12.1 Å². The van der Waals surface area contributed by atoms with E-state index in [1.807, 2.05) is 6.92 Å². The SMILES string of the molecule is CCOc1cc(/C=N\Nc2ccc([N+](=O)[O-])cc2)c(Br)cc1OCC(N)=O. The zero-order valence-electron chi connectivity index (χ0n) is 14.3. The summed E-state index contributed by atoms with van der Waals surface area (Å²) in [6, 6.07) is 9.22. The molecule has 0 unspecified atom stereocenters. The summed E-state index contributed by atoms with van der Waals surface area (Å²) < 4.78 is 11.5. The van der Waals surface area contributed by atoms with E-state index in [2.05, 4.69) is 26.5 Å². The van der Waals surface area contributed by atoms with Gasteiger partial charge >= 0.3 is 0 Å². The van der Waals surface area contributed by atoms with Crippen LogP contribution in [-0.4, -0.2) is 30.3 Å². The number of nitrogens with one attached hydrogen (secondary N) is 1. The standard InChI is InChI=1S/C17H17BrN4O5/c1-2-26-15-7-11(14(18)8-16(15)27-10-17(19)23)9-20-21-12-3-5-13(6-4-12)22(24)25/h3-9,21H,2,10H2,1H3,(H2,19,23)/b20-9-. The predicted molar refractivity (Wildman–Crippen MR) is 104 cm³/mol. The van der Waals surface area contributed by atoms with Crippen LogP contribution in [0.15, 0.2) is 46.0 Å². The molecule has 0 radical (unpaired) electrons. The van der Waals surface area contributed by atoms with Crippen LogP contribution in [-0.2, 0) is 4.79 Å². The number of primary amides is 1. The highest BCUT2D eigenvalue weighted by atomic mass is 79.9. The van der Waals surface area contributed by atoms with E-state index in [1.54, 1.807) is 30.5 Å². The summed E-state index contributed by atoms with van der Waals surface area (Å²) in [6.45, 7) is 1.97. The number of nitro groups is 1. The summed E-state index contributed by atoms with van der Waals surface area (Å²) >= 11 is 3.41. The molecule has 27 heavy (non-hydrogen) atoms. The first-order valence-corrected chi connectivity index (χ1v) is 8.61. The molecule has 0 spiro atoms. The van der Waals surface area contributed by atoms with Gasteiger partial charge in [-0.15, -0.1) is 0 Å². The van der Waals surface area contributed by atoms with E-state index < -0.39 is 10.8 Å². The fourth-order valence-electron chi connectivity index (χ4n) is 2.01. The van der Waals surface area contributed by atoms with Gasteiger partial charge in [-0.05, 0) is 47.1 Å². The molecule has 0 saturated heterocycles. The summed E-state index contributed by atoms with van der Waals surface area (Å²) in [5.74, 6) is 0.230. The Labute approximate surface area is 163 Å². The molecule has 9 nitrogen and oxygen atoms in total. The van der Waals surface area contributed by atoms with Crippen molar-refractivity contribution in [3.05, 3.63) is 56.5 Å². The van der Waals surface area contributed by atoms with Gasteiger partial charge in [0.25, 0.3) is 11.6 Å². The van der Waals surface area contributed by atoms with Crippen LogP contribution in [0.3, 0.4) is 0 Å². The number of non-ortho nitro benzene ring substituents is 1. The molecule has 2 aromatic carbocycles. The maximum absolute atomic E-state index is 10.9. The zero-order valence-corrected chi connectivity index (χ0v) is 15.9. The molecule has 0 bridgehead atoms. The monoisotopic (exact) mass is 436 g/mol. The minimum atomic E-state index is -0.591. The number of hydrogen-bond donors (Lipinski definition) is 2. The average Bonchev–Trinajstić information content (AvgIpc) is 2.63. The van der Waals surface area contributed by atoms with E-state index in [0.717, 1.165) is 0 Å². The van der Waals surface area contributed by atoms with Gasteiger partial charge in [0, 0.05) is 22.2 Å². The minimum Gasteiger partial charge on any atom is -0.490 e. The Hall–Kier alpha value is -3.14. The number of nitrogens with two attached hydrogens (primary N) is 1. The summed E-state index contributed by atoms with van der Waals surface area (Å²) in [5, 5.41) is 14.8. The van der Waals surface area contributed by atoms with Gasteiger partial charge in [-0.3, -0.25) is 20.3 Å². The van der Waals surface area contributed by atoms with Gasteiger partial charge in [0.05, 0.1) is 23.4 Å². The lowest BCUT2D eigenvalue weighted by Crippen LogP contribution is -2.20. The van der Waals surface area contributed by atoms with Gasteiger partial charge in [-0.2, -0.15) is 5.10 Å². The van der Waals surface area contributed by atoms with E-state index in [0.29, 0.717) is 33.8 Å². The van der Waals surface area contributed by atoms with Crippen LogP contribution in [0.25, 0.3) is 0 Å². The summed E-state index contributed by atoms with van der Waals surface area (Å²) in [6.07, 6.45) is 1.55. The first kappa shape index (κ1) is 20.2.